The number of carbonyl (C=O) groups excluding carboxylic acids is 2. The number of nitrogens with zero attached hydrogens (tertiary/aromatic N) is 1. The van der Waals surface area contributed by atoms with Gasteiger partial charge in [-0.15, -0.1) is 0 Å². The molecule has 0 bridgehead atoms. The minimum atomic E-state index is 0.0975. The molecule has 2 amide bonds. The Hall–Kier alpha value is -1.10. The maximum atomic E-state index is 12.3. The summed E-state index contributed by atoms with van der Waals surface area (Å²) in [6, 6.07) is 0.390. The molecule has 2 N–H and O–H groups in total. The van der Waals surface area contributed by atoms with Crippen LogP contribution >= 0.6 is 0 Å². The number of hydrogen-bond donors (Lipinski definition) is 2. The molecule has 5 heteroatoms. The molecule has 5 nitrogen and oxygen atoms in total. The van der Waals surface area contributed by atoms with Crippen molar-refractivity contribution in [3.05, 3.63) is 0 Å². The first-order valence-electron chi connectivity index (χ1n) is 8.43. The second kappa shape index (κ2) is 8.37. The Balaban J connectivity index is 1.70. The predicted octanol–water partition coefficient (Wildman–Crippen LogP) is 1.28. The third-order valence-corrected chi connectivity index (χ3v) is 4.76. The van der Waals surface area contributed by atoms with Crippen molar-refractivity contribution in [2.45, 2.75) is 57.4 Å². The molecule has 2 aliphatic rings. The van der Waals surface area contributed by atoms with E-state index >= 15 is 0 Å². The highest BCUT2D eigenvalue weighted by Crippen LogP contribution is 2.21. The minimum Gasteiger partial charge on any atom is -0.353 e. The third-order valence-electron chi connectivity index (χ3n) is 4.76. The highest BCUT2D eigenvalue weighted by Gasteiger charge is 2.28. The number of nitrogens with one attached hydrogen (secondary N) is 2. The van der Waals surface area contributed by atoms with E-state index in [4.69, 9.17) is 0 Å². The summed E-state index contributed by atoms with van der Waals surface area (Å²) in [5.74, 6) is 0.514. The van der Waals surface area contributed by atoms with Gasteiger partial charge in [0, 0.05) is 38.0 Å². The smallest absolute Gasteiger partial charge is 0.223 e. The van der Waals surface area contributed by atoms with Crippen LogP contribution in [0.1, 0.15) is 51.4 Å². The molecule has 1 aliphatic carbocycles. The fourth-order valence-corrected chi connectivity index (χ4v) is 3.35. The van der Waals surface area contributed by atoms with Gasteiger partial charge < -0.3 is 15.5 Å². The van der Waals surface area contributed by atoms with Crippen LogP contribution in [0.3, 0.4) is 0 Å². The predicted molar refractivity (Wildman–Crippen MR) is 82.9 cm³/mol. The van der Waals surface area contributed by atoms with E-state index in [0.717, 1.165) is 45.3 Å². The van der Waals surface area contributed by atoms with Crippen LogP contribution < -0.4 is 10.6 Å². The summed E-state index contributed by atoms with van der Waals surface area (Å²) in [7, 11) is 1.86. The molecule has 0 radical (unpaired) electrons. The molecule has 0 aromatic carbocycles. The zero-order valence-corrected chi connectivity index (χ0v) is 13.2. The molecule has 1 saturated carbocycles. The standard InChI is InChI=1S/C16H29N3O2/c1-17-10-7-15(20)19-11-8-13(9-12-19)16(21)18-14-5-3-2-4-6-14/h13-14,17H,2-12H2,1H3,(H,18,21). The Labute approximate surface area is 127 Å². The van der Waals surface area contributed by atoms with Crippen LogP contribution in [0.2, 0.25) is 0 Å². The van der Waals surface area contributed by atoms with Crippen LogP contribution in [0.5, 0.6) is 0 Å². The van der Waals surface area contributed by atoms with Crippen molar-refractivity contribution < 1.29 is 9.59 Å². The molecule has 21 heavy (non-hydrogen) atoms. The summed E-state index contributed by atoms with van der Waals surface area (Å²) in [5, 5.41) is 6.21. The zero-order valence-electron chi connectivity index (χ0n) is 13.2. The maximum Gasteiger partial charge on any atom is 0.223 e. The molecule has 1 saturated heterocycles. The van der Waals surface area contributed by atoms with Crippen LogP contribution in [0, 0.1) is 5.92 Å². The number of rotatable bonds is 5. The molecule has 1 aliphatic heterocycles. The largest absolute Gasteiger partial charge is 0.353 e. The van der Waals surface area contributed by atoms with Gasteiger partial charge in [-0.3, -0.25) is 9.59 Å². The third kappa shape index (κ3) is 4.99. The Morgan fingerprint density at radius 3 is 2.33 bits per heavy atom. The van der Waals surface area contributed by atoms with Gasteiger partial charge in [0.25, 0.3) is 0 Å². The summed E-state index contributed by atoms with van der Waals surface area (Å²) in [6.45, 7) is 2.18. The highest BCUT2D eigenvalue weighted by molar-refractivity contribution is 5.80. The van der Waals surface area contributed by atoms with Crippen LogP contribution in [0.4, 0.5) is 0 Å². The van der Waals surface area contributed by atoms with Gasteiger partial charge in [-0.1, -0.05) is 19.3 Å². The van der Waals surface area contributed by atoms with E-state index in [1.54, 1.807) is 0 Å². The Kier molecular flexibility index (Phi) is 6.49. The lowest BCUT2D eigenvalue weighted by Crippen LogP contribution is -2.46. The minimum absolute atomic E-state index is 0.0975. The summed E-state index contributed by atoms with van der Waals surface area (Å²) in [4.78, 5) is 26.1. The van der Waals surface area contributed by atoms with Gasteiger partial charge >= 0.3 is 0 Å². The van der Waals surface area contributed by atoms with Gasteiger partial charge in [0.05, 0.1) is 0 Å². The molecule has 120 valence electrons. The molecule has 2 rings (SSSR count). The normalized spacial score (nSPS) is 21.3. The first-order chi connectivity index (χ1) is 10.2. The van der Waals surface area contributed by atoms with Crippen LogP contribution in [0.25, 0.3) is 0 Å². The summed E-state index contributed by atoms with van der Waals surface area (Å²) < 4.78 is 0. The van der Waals surface area contributed by atoms with Gasteiger partial charge in [-0.05, 0) is 32.7 Å². The molecule has 0 aromatic rings. The van der Waals surface area contributed by atoms with E-state index in [-0.39, 0.29) is 17.7 Å². The quantitative estimate of drug-likeness (QED) is 0.803. The van der Waals surface area contributed by atoms with Crippen molar-refractivity contribution in [2.75, 3.05) is 26.7 Å². The van der Waals surface area contributed by atoms with Crippen molar-refractivity contribution in [2.24, 2.45) is 5.92 Å². The number of carbonyl (C=O) groups is 2. The van der Waals surface area contributed by atoms with Crippen LogP contribution in [-0.2, 0) is 9.59 Å². The Morgan fingerprint density at radius 2 is 1.71 bits per heavy atom. The summed E-state index contributed by atoms with van der Waals surface area (Å²) in [6.07, 6.45) is 8.22. The molecule has 2 fully saturated rings. The second-order valence-corrected chi connectivity index (χ2v) is 6.35. The molecule has 0 spiro atoms. The number of amides is 2. The van der Waals surface area contributed by atoms with Crippen molar-refractivity contribution in [1.82, 2.24) is 15.5 Å². The van der Waals surface area contributed by atoms with Crippen molar-refractivity contribution in [3.8, 4) is 0 Å². The first kappa shape index (κ1) is 16.3. The number of piperidine rings is 1. The first-order valence-corrected chi connectivity index (χ1v) is 8.43. The van der Waals surface area contributed by atoms with E-state index in [2.05, 4.69) is 10.6 Å². The fraction of sp³-hybridized carbons (Fsp3) is 0.875. The van der Waals surface area contributed by atoms with E-state index in [1.165, 1.54) is 19.3 Å². The molecular formula is C16H29N3O2. The van der Waals surface area contributed by atoms with E-state index < -0.39 is 0 Å². The summed E-state index contributed by atoms with van der Waals surface area (Å²) >= 11 is 0. The Bertz CT molecular complexity index is 345. The Morgan fingerprint density at radius 1 is 1.05 bits per heavy atom. The molecule has 0 aromatic heterocycles. The van der Waals surface area contributed by atoms with E-state index in [9.17, 15) is 9.59 Å². The molecule has 0 unspecified atom stereocenters. The fourth-order valence-electron chi connectivity index (χ4n) is 3.35. The van der Waals surface area contributed by atoms with Gasteiger partial charge in [0.2, 0.25) is 11.8 Å². The lowest BCUT2D eigenvalue weighted by atomic mass is 9.92. The van der Waals surface area contributed by atoms with E-state index in [1.807, 2.05) is 11.9 Å². The lowest BCUT2D eigenvalue weighted by molar-refractivity contribution is -0.135. The van der Waals surface area contributed by atoms with Gasteiger partial charge in [-0.2, -0.15) is 0 Å². The topological polar surface area (TPSA) is 61.4 Å². The van der Waals surface area contributed by atoms with Gasteiger partial charge in [0.15, 0.2) is 0 Å². The van der Waals surface area contributed by atoms with Crippen LogP contribution in [0.15, 0.2) is 0 Å². The number of likely N-dealkylation sites (tertiary alicyclic amines) is 1. The lowest BCUT2D eigenvalue weighted by Gasteiger charge is -2.33. The SMILES string of the molecule is CNCCC(=O)N1CCC(C(=O)NC2CCCCC2)CC1. The highest BCUT2D eigenvalue weighted by atomic mass is 16.2. The number of hydrogen-bond acceptors (Lipinski definition) is 3. The summed E-state index contributed by atoms with van der Waals surface area (Å²) in [5.41, 5.74) is 0. The average Bonchev–Trinajstić information content (AvgIpc) is 2.53. The van der Waals surface area contributed by atoms with Gasteiger partial charge in [0.1, 0.15) is 0 Å². The molecular weight excluding hydrogens is 266 g/mol. The van der Waals surface area contributed by atoms with Crippen molar-refractivity contribution in [3.63, 3.8) is 0 Å². The zero-order chi connectivity index (χ0) is 15.1. The average molecular weight is 295 g/mol. The maximum absolute atomic E-state index is 12.3. The van der Waals surface area contributed by atoms with Crippen molar-refractivity contribution >= 4 is 11.8 Å². The second-order valence-electron chi connectivity index (χ2n) is 6.35. The van der Waals surface area contributed by atoms with E-state index in [0.29, 0.717) is 12.5 Å². The van der Waals surface area contributed by atoms with Gasteiger partial charge in [-0.25, -0.2) is 0 Å². The monoisotopic (exact) mass is 295 g/mol. The van der Waals surface area contributed by atoms with Crippen LogP contribution in [-0.4, -0.2) is 49.4 Å². The molecule has 1 heterocycles. The molecule has 0 atom stereocenters. The van der Waals surface area contributed by atoms with Crippen molar-refractivity contribution in [1.29, 1.82) is 0 Å².